The molecule has 0 unspecified atom stereocenters. The molecule has 0 bridgehead atoms. The zero-order valence-electron chi connectivity index (χ0n) is 21.3. The van der Waals surface area contributed by atoms with Crippen LogP contribution in [0.25, 0.3) is 0 Å². The summed E-state index contributed by atoms with van der Waals surface area (Å²) in [7, 11) is 0. The van der Waals surface area contributed by atoms with Gasteiger partial charge in [-0.15, -0.1) is 0 Å². The van der Waals surface area contributed by atoms with Crippen molar-refractivity contribution in [3.63, 3.8) is 0 Å². The number of fused-ring (bicyclic) bond motifs is 5. The maximum atomic E-state index is 17.3. The van der Waals surface area contributed by atoms with Gasteiger partial charge in [-0.2, -0.15) is 0 Å². The van der Waals surface area contributed by atoms with Crippen molar-refractivity contribution in [2.45, 2.75) is 83.8 Å². The zero-order valence-corrected chi connectivity index (χ0v) is 21.3. The van der Waals surface area contributed by atoms with Crippen molar-refractivity contribution < 1.29 is 42.5 Å². The standard InChI is InChI=1S/C27H34F2O7/c1-6-23(34)35-13-22(33)27(36-15(3)30)14(2)9-17-18-11-20(28)19-10-16(31)7-8-24(19,4)26(18,29)21(32)12-25(17,27)5/h7-8,10,14,17-18,20-21,32H,6,9,11-13H2,1-5H3/t14-,17-,18-,20-,21-,24-,25-,26-,27-/m0/s1. The number of allylic oxidation sites excluding steroid dienone is 4. The molecule has 0 spiro atoms. The molecule has 4 aliphatic carbocycles. The molecule has 0 saturated heterocycles. The van der Waals surface area contributed by atoms with Gasteiger partial charge in [0.05, 0.1) is 6.10 Å². The minimum atomic E-state index is -2.31. The summed E-state index contributed by atoms with van der Waals surface area (Å²) in [6.07, 6.45) is 0.183. The minimum Gasteiger partial charge on any atom is -0.457 e. The SMILES string of the molecule is CCC(=O)OCC(=O)[C@@]1(OC(C)=O)[C@@H](C)C[C@H]2[C@@H]3C[C@H](F)C4=CC(=O)C=C[C@]4(C)[C@@]3(F)[C@@H](O)C[C@@]21C. The first-order chi connectivity index (χ1) is 16.7. The van der Waals surface area contributed by atoms with E-state index in [1.807, 2.05) is 0 Å². The van der Waals surface area contributed by atoms with Crippen molar-refractivity contribution >= 4 is 23.5 Å². The number of rotatable bonds is 5. The van der Waals surface area contributed by atoms with Crippen LogP contribution in [0.5, 0.6) is 0 Å². The molecular formula is C27H34F2O7. The second kappa shape index (κ2) is 8.57. The van der Waals surface area contributed by atoms with E-state index < -0.39 is 82.2 Å². The van der Waals surface area contributed by atoms with Gasteiger partial charge in [0.15, 0.2) is 23.7 Å². The van der Waals surface area contributed by atoms with E-state index in [1.165, 1.54) is 19.1 Å². The highest BCUT2D eigenvalue weighted by molar-refractivity contribution is 6.01. The molecule has 3 fully saturated rings. The quantitative estimate of drug-likeness (QED) is 0.568. The van der Waals surface area contributed by atoms with Crippen LogP contribution in [-0.4, -0.2) is 58.8 Å². The topological polar surface area (TPSA) is 107 Å². The van der Waals surface area contributed by atoms with Gasteiger partial charge in [-0.1, -0.05) is 26.8 Å². The maximum Gasteiger partial charge on any atom is 0.305 e. The van der Waals surface area contributed by atoms with E-state index in [2.05, 4.69) is 0 Å². The fraction of sp³-hybridized carbons (Fsp3) is 0.704. The normalized spacial score (nSPS) is 45.2. The van der Waals surface area contributed by atoms with Crippen LogP contribution in [0.3, 0.4) is 0 Å². The molecule has 7 nitrogen and oxygen atoms in total. The van der Waals surface area contributed by atoms with Gasteiger partial charge in [0.25, 0.3) is 0 Å². The van der Waals surface area contributed by atoms with Gasteiger partial charge in [0.1, 0.15) is 6.17 Å². The summed E-state index contributed by atoms with van der Waals surface area (Å²) in [5, 5.41) is 11.4. The van der Waals surface area contributed by atoms with Crippen LogP contribution in [0.4, 0.5) is 8.78 Å². The van der Waals surface area contributed by atoms with Crippen LogP contribution in [-0.2, 0) is 28.7 Å². The van der Waals surface area contributed by atoms with Crippen molar-refractivity contribution in [3.8, 4) is 0 Å². The van der Waals surface area contributed by atoms with E-state index in [0.717, 1.165) is 13.0 Å². The molecule has 0 aromatic carbocycles. The van der Waals surface area contributed by atoms with Gasteiger partial charge in [-0.25, -0.2) is 8.78 Å². The minimum absolute atomic E-state index is 0.0104. The number of carbonyl (C=O) groups excluding carboxylic acids is 4. The molecule has 0 aliphatic heterocycles. The summed E-state index contributed by atoms with van der Waals surface area (Å²) < 4.78 is 43.7. The lowest BCUT2D eigenvalue weighted by Crippen LogP contribution is -2.71. The lowest BCUT2D eigenvalue weighted by molar-refractivity contribution is -0.231. The molecule has 198 valence electrons. The van der Waals surface area contributed by atoms with Gasteiger partial charge in [-0.3, -0.25) is 19.2 Å². The highest BCUT2D eigenvalue weighted by Crippen LogP contribution is 2.71. The number of esters is 2. The average Bonchev–Trinajstić information content (AvgIpc) is 3.02. The molecule has 0 aromatic heterocycles. The molecule has 0 aromatic rings. The Hall–Kier alpha value is -2.42. The number of hydrogen-bond acceptors (Lipinski definition) is 7. The van der Waals surface area contributed by atoms with Crippen LogP contribution in [0.1, 0.15) is 60.3 Å². The molecular weight excluding hydrogens is 474 g/mol. The Kier molecular flexibility index (Phi) is 6.34. The van der Waals surface area contributed by atoms with Gasteiger partial charge in [-0.05, 0) is 49.8 Å². The lowest BCUT2D eigenvalue weighted by Gasteiger charge is -2.63. The molecule has 0 heterocycles. The number of carbonyl (C=O) groups is 4. The molecule has 1 N–H and O–H groups in total. The van der Waals surface area contributed by atoms with E-state index in [0.29, 0.717) is 0 Å². The van der Waals surface area contributed by atoms with Gasteiger partial charge < -0.3 is 14.6 Å². The molecule has 0 radical (unpaired) electrons. The monoisotopic (exact) mass is 508 g/mol. The molecule has 4 aliphatic rings. The summed E-state index contributed by atoms with van der Waals surface area (Å²) >= 11 is 0. The number of halogens is 2. The summed E-state index contributed by atoms with van der Waals surface area (Å²) in [5.74, 6) is -4.66. The van der Waals surface area contributed by atoms with Crippen molar-refractivity contribution in [3.05, 3.63) is 23.8 Å². The van der Waals surface area contributed by atoms with Crippen molar-refractivity contribution in [2.24, 2.45) is 28.6 Å². The van der Waals surface area contributed by atoms with E-state index >= 15 is 8.78 Å². The van der Waals surface area contributed by atoms with Crippen LogP contribution >= 0.6 is 0 Å². The fourth-order valence-electron chi connectivity index (χ4n) is 7.97. The molecule has 9 heteroatoms. The van der Waals surface area contributed by atoms with E-state index in [4.69, 9.17) is 9.47 Å². The predicted molar refractivity (Wildman–Crippen MR) is 124 cm³/mol. The Bertz CT molecular complexity index is 1070. The van der Waals surface area contributed by atoms with Crippen LogP contribution in [0, 0.1) is 28.6 Å². The predicted octanol–water partition coefficient (Wildman–Crippen LogP) is 3.38. The summed E-state index contributed by atoms with van der Waals surface area (Å²) in [5.41, 5.74) is -6.90. The third-order valence-corrected chi connectivity index (χ3v) is 9.54. The van der Waals surface area contributed by atoms with Gasteiger partial charge in [0.2, 0.25) is 5.78 Å². The van der Waals surface area contributed by atoms with E-state index in [9.17, 15) is 24.3 Å². The number of alkyl halides is 2. The highest BCUT2D eigenvalue weighted by Gasteiger charge is 2.78. The fourth-order valence-corrected chi connectivity index (χ4v) is 7.97. The number of hydrogen-bond donors (Lipinski definition) is 1. The zero-order chi connectivity index (χ0) is 26.8. The molecule has 3 saturated carbocycles. The molecule has 4 rings (SSSR count). The second-order valence-electron chi connectivity index (χ2n) is 11.3. The van der Waals surface area contributed by atoms with Crippen molar-refractivity contribution in [2.75, 3.05) is 6.61 Å². The molecule has 36 heavy (non-hydrogen) atoms. The summed E-state index contributed by atoms with van der Waals surface area (Å²) in [6, 6.07) is 0. The largest absolute Gasteiger partial charge is 0.457 e. The van der Waals surface area contributed by atoms with E-state index in [1.54, 1.807) is 20.8 Å². The smallest absolute Gasteiger partial charge is 0.305 e. The van der Waals surface area contributed by atoms with E-state index in [-0.39, 0.29) is 31.3 Å². The molecule has 0 amide bonds. The Morgan fingerprint density at radius 2 is 1.86 bits per heavy atom. The Morgan fingerprint density at radius 1 is 1.19 bits per heavy atom. The average molecular weight is 509 g/mol. The van der Waals surface area contributed by atoms with Gasteiger partial charge >= 0.3 is 11.9 Å². The van der Waals surface area contributed by atoms with Crippen LogP contribution in [0.15, 0.2) is 23.8 Å². The Morgan fingerprint density at radius 3 is 2.47 bits per heavy atom. The Labute approximate surface area is 209 Å². The highest BCUT2D eigenvalue weighted by atomic mass is 19.1. The number of Topliss-reactive ketones (excluding diaryl/α,β-unsaturated/α-hetero) is 1. The maximum absolute atomic E-state index is 17.3. The second-order valence-corrected chi connectivity index (χ2v) is 11.3. The van der Waals surface area contributed by atoms with Crippen molar-refractivity contribution in [1.29, 1.82) is 0 Å². The molecule has 9 atom stereocenters. The number of ketones is 2. The first-order valence-electron chi connectivity index (χ1n) is 12.5. The van der Waals surface area contributed by atoms with Crippen LogP contribution in [0.2, 0.25) is 0 Å². The third-order valence-electron chi connectivity index (χ3n) is 9.54. The third kappa shape index (κ3) is 3.30. The lowest BCUT2D eigenvalue weighted by atomic mass is 9.44. The number of ether oxygens (including phenoxy) is 2. The van der Waals surface area contributed by atoms with Gasteiger partial charge in [0, 0.05) is 36.0 Å². The number of aliphatic hydroxyl groups excluding tert-OH is 1. The Balaban J connectivity index is 1.83. The van der Waals surface area contributed by atoms with Crippen molar-refractivity contribution in [1.82, 2.24) is 0 Å². The summed E-state index contributed by atoms with van der Waals surface area (Å²) in [4.78, 5) is 49.7. The summed E-state index contributed by atoms with van der Waals surface area (Å²) in [6.45, 7) is 6.99. The first-order valence-corrected chi connectivity index (χ1v) is 12.5. The van der Waals surface area contributed by atoms with Crippen LogP contribution < -0.4 is 0 Å². The number of aliphatic hydroxyl groups is 1. The first kappa shape index (κ1) is 26.6.